The zero-order valence-corrected chi connectivity index (χ0v) is 13.4. The molecule has 2 aromatic rings. The number of nitrogens with zero attached hydrogens (tertiary/aromatic N) is 1. The summed E-state index contributed by atoms with van der Waals surface area (Å²) in [6.07, 6.45) is 3.19. The summed E-state index contributed by atoms with van der Waals surface area (Å²) in [4.78, 5) is 12.2. The molecule has 0 radical (unpaired) electrons. The minimum atomic E-state index is -1.35. The van der Waals surface area contributed by atoms with Gasteiger partial charge in [-0.3, -0.25) is 4.79 Å². The molecule has 0 aliphatic rings. The van der Waals surface area contributed by atoms with Gasteiger partial charge in [-0.2, -0.15) is 0 Å². The number of ether oxygens (including phenoxy) is 1. The van der Waals surface area contributed by atoms with Crippen LogP contribution >= 0.6 is 0 Å². The molecule has 1 amide bonds. The lowest BCUT2D eigenvalue weighted by Gasteiger charge is -2.21. The van der Waals surface area contributed by atoms with E-state index >= 15 is 0 Å². The summed E-state index contributed by atoms with van der Waals surface area (Å²) in [5, 5.41) is 14.1. The Morgan fingerprint density at radius 3 is 2.86 bits per heavy atom. The molecule has 2 N–H and O–H groups in total. The van der Waals surface area contributed by atoms with Crippen LogP contribution in [0, 0.1) is 0 Å². The van der Waals surface area contributed by atoms with Gasteiger partial charge in [0.1, 0.15) is 5.60 Å². The van der Waals surface area contributed by atoms with E-state index in [1.807, 2.05) is 37.4 Å². The maximum atomic E-state index is 12.2. The van der Waals surface area contributed by atoms with Crippen molar-refractivity contribution in [2.75, 3.05) is 19.0 Å². The number of methoxy groups -OCH3 is 1. The highest BCUT2D eigenvalue weighted by molar-refractivity contribution is 5.98. The van der Waals surface area contributed by atoms with Gasteiger partial charge in [-0.25, -0.2) is 0 Å². The predicted molar refractivity (Wildman–Crippen MR) is 88.0 cm³/mol. The van der Waals surface area contributed by atoms with Crippen molar-refractivity contribution in [3.05, 3.63) is 30.5 Å². The van der Waals surface area contributed by atoms with Gasteiger partial charge in [-0.1, -0.05) is 19.4 Å². The van der Waals surface area contributed by atoms with Gasteiger partial charge in [0.05, 0.1) is 12.1 Å². The van der Waals surface area contributed by atoms with Crippen LogP contribution in [0.3, 0.4) is 0 Å². The first kappa shape index (κ1) is 16.5. The molecule has 22 heavy (non-hydrogen) atoms. The number of nitrogens with one attached hydrogen (secondary N) is 1. The summed E-state index contributed by atoms with van der Waals surface area (Å²) in [7, 11) is 1.67. The van der Waals surface area contributed by atoms with E-state index < -0.39 is 5.60 Å². The lowest BCUT2D eigenvalue weighted by molar-refractivity contribution is -0.133. The average molecular weight is 304 g/mol. The second-order valence-electron chi connectivity index (χ2n) is 5.75. The van der Waals surface area contributed by atoms with Crippen LogP contribution < -0.4 is 5.32 Å². The second-order valence-corrected chi connectivity index (χ2v) is 5.75. The van der Waals surface area contributed by atoms with E-state index in [2.05, 4.69) is 9.88 Å². The number of amides is 1. The minimum Gasteiger partial charge on any atom is -0.383 e. The fourth-order valence-electron chi connectivity index (χ4n) is 2.51. The second kappa shape index (κ2) is 6.94. The van der Waals surface area contributed by atoms with E-state index in [0.29, 0.717) is 18.7 Å². The van der Waals surface area contributed by atoms with E-state index in [4.69, 9.17) is 4.74 Å². The van der Waals surface area contributed by atoms with Gasteiger partial charge in [-0.15, -0.1) is 0 Å². The average Bonchev–Trinajstić information content (AvgIpc) is 2.87. The van der Waals surface area contributed by atoms with Crippen LogP contribution in [0.15, 0.2) is 30.5 Å². The SMILES string of the molecule is CCCC(C)(O)C(=O)Nc1ccc2ccn(CCOC)c2c1. The zero-order chi connectivity index (χ0) is 16.2. The fraction of sp³-hybridized carbons (Fsp3) is 0.471. The third-order valence-electron chi connectivity index (χ3n) is 3.79. The number of hydrogen-bond donors (Lipinski definition) is 2. The van der Waals surface area contributed by atoms with Gasteiger partial charge in [0, 0.05) is 25.5 Å². The van der Waals surface area contributed by atoms with E-state index in [0.717, 1.165) is 23.9 Å². The lowest BCUT2D eigenvalue weighted by atomic mass is 9.99. The van der Waals surface area contributed by atoms with Crippen LogP contribution in [-0.2, 0) is 16.1 Å². The van der Waals surface area contributed by atoms with Gasteiger partial charge in [0.15, 0.2) is 0 Å². The van der Waals surface area contributed by atoms with Gasteiger partial charge in [-0.05, 0) is 36.9 Å². The molecule has 5 nitrogen and oxygen atoms in total. The molecular formula is C17H24N2O3. The number of carbonyl (C=O) groups excluding carboxylic acids is 1. The fourth-order valence-corrected chi connectivity index (χ4v) is 2.51. The molecule has 120 valence electrons. The number of fused-ring (bicyclic) bond motifs is 1. The van der Waals surface area contributed by atoms with Crippen LogP contribution in [0.5, 0.6) is 0 Å². The molecule has 0 bridgehead atoms. The topological polar surface area (TPSA) is 63.5 Å². The van der Waals surface area contributed by atoms with Crippen molar-refractivity contribution in [2.45, 2.75) is 38.8 Å². The number of hydrogen-bond acceptors (Lipinski definition) is 3. The number of benzene rings is 1. The summed E-state index contributed by atoms with van der Waals surface area (Å²) < 4.78 is 7.19. The van der Waals surface area contributed by atoms with Crippen molar-refractivity contribution in [2.24, 2.45) is 0 Å². The number of carbonyl (C=O) groups is 1. The number of aliphatic hydroxyl groups is 1. The molecule has 0 saturated heterocycles. The van der Waals surface area contributed by atoms with Crippen LogP contribution in [0.1, 0.15) is 26.7 Å². The predicted octanol–water partition coefficient (Wildman–Crippen LogP) is 2.78. The normalized spacial score (nSPS) is 14.0. The summed E-state index contributed by atoms with van der Waals surface area (Å²) >= 11 is 0. The molecule has 0 saturated carbocycles. The Balaban J connectivity index is 2.20. The van der Waals surface area contributed by atoms with E-state index in [1.54, 1.807) is 14.0 Å². The third kappa shape index (κ3) is 3.67. The summed E-state index contributed by atoms with van der Waals surface area (Å²) in [5.74, 6) is -0.372. The molecule has 1 aromatic carbocycles. The monoisotopic (exact) mass is 304 g/mol. The van der Waals surface area contributed by atoms with Gasteiger partial charge in [0.2, 0.25) is 0 Å². The van der Waals surface area contributed by atoms with Crippen LogP contribution in [0.4, 0.5) is 5.69 Å². The maximum Gasteiger partial charge on any atom is 0.256 e. The van der Waals surface area contributed by atoms with Gasteiger partial charge >= 0.3 is 0 Å². The van der Waals surface area contributed by atoms with E-state index in [1.165, 1.54) is 0 Å². The molecule has 0 fully saturated rings. The number of rotatable bonds is 7. The Morgan fingerprint density at radius 1 is 1.41 bits per heavy atom. The first-order valence-corrected chi connectivity index (χ1v) is 7.59. The summed E-state index contributed by atoms with van der Waals surface area (Å²) in [6.45, 7) is 4.87. The molecule has 1 heterocycles. The van der Waals surface area contributed by atoms with Gasteiger partial charge in [0.25, 0.3) is 5.91 Å². The highest BCUT2D eigenvalue weighted by atomic mass is 16.5. The molecule has 1 atom stereocenters. The van der Waals surface area contributed by atoms with Crippen molar-refractivity contribution in [3.63, 3.8) is 0 Å². The molecule has 5 heteroatoms. The lowest BCUT2D eigenvalue weighted by Crippen LogP contribution is -2.39. The Hall–Kier alpha value is -1.85. The first-order chi connectivity index (χ1) is 10.5. The van der Waals surface area contributed by atoms with Gasteiger partial charge < -0.3 is 19.7 Å². The van der Waals surface area contributed by atoms with Crippen molar-refractivity contribution in [1.29, 1.82) is 0 Å². The van der Waals surface area contributed by atoms with Crippen LogP contribution in [-0.4, -0.2) is 34.9 Å². The van der Waals surface area contributed by atoms with Crippen LogP contribution in [0.2, 0.25) is 0 Å². The van der Waals surface area contributed by atoms with Crippen molar-refractivity contribution in [1.82, 2.24) is 4.57 Å². The molecule has 1 unspecified atom stereocenters. The number of aromatic nitrogens is 1. The molecule has 2 rings (SSSR count). The zero-order valence-electron chi connectivity index (χ0n) is 13.4. The van der Waals surface area contributed by atoms with E-state index in [9.17, 15) is 9.90 Å². The number of anilines is 1. The third-order valence-corrected chi connectivity index (χ3v) is 3.79. The Labute approximate surface area is 130 Å². The minimum absolute atomic E-state index is 0.372. The smallest absolute Gasteiger partial charge is 0.256 e. The quantitative estimate of drug-likeness (QED) is 0.827. The van der Waals surface area contributed by atoms with Crippen molar-refractivity contribution in [3.8, 4) is 0 Å². The molecular weight excluding hydrogens is 280 g/mol. The largest absolute Gasteiger partial charge is 0.383 e. The highest BCUT2D eigenvalue weighted by Crippen LogP contribution is 2.22. The van der Waals surface area contributed by atoms with Crippen molar-refractivity contribution >= 4 is 22.5 Å². The Morgan fingerprint density at radius 2 is 2.18 bits per heavy atom. The van der Waals surface area contributed by atoms with E-state index in [-0.39, 0.29) is 5.91 Å². The van der Waals surface area contributed by atoms with Crippen LogP contribution in [0.25, 0.3) is 10.9 Å². The standard InChI is InChI=1S/C17H24N2O3/c1-4-8-17(2,21)16(20)18-14-6-5-13-7-9-19(10-11-22-3)15(13)12-14/h5-7,9,12,21H,4,8,10-11H2,1-3H3,(H,18,20). The van der Waals surface area contributed by atoms with Crippen molar-refractivity contribution < 1.29 is 14.6 Å². The molecule has 0 spiro atoms. The Kier molecular flexibility index (Phi) is 5.21. The summed E-state index contributed by atoms with van der Waals surface area (Å²) in [6, 6.07) is 7.76. The Bertz CT molecular complexity index is 646. The molecule has 0 aliphatic heterocycles. The molecule has 1 aromatic heterocycles. The molecule has 0 aliphatic carbocycles. The summed E-state index contributed by atoms with van der Waals surface area (Å²) in [5.41, 5.74) is 0.373. The maximum absolute atomic E-state index is 12.2. The first-order valence-electron chi connectivity index (χ1n) is 7.59. The highest BCUT2D eigenvalue weighted by Gasteiger charge is 2.29.